The van der Waals surface area contributed by atoms with Gasteiger partial charge in [-0.15, -0.1) is 0 Å². The van der Waals surface area contributed by atoms with Gasteiger partial charge in [0.05, 0.1) is 7.11 Å². The Bertz CT molecular complexity index is 571. The molecule has 19 heavy (non-hydrogen) atoms. The predicted octanol–water partition coefficient (Wildman–Crippen LogP) is 2.11. The lowest BCUT2D eigenvalue weighted by Crippen LogP contribution is -2.06. The van der Waals surface area contributed by atoms with Gasteiger partial charge in [0.15, 0.2) is 5.69 Å². The first-order chi connectivity index (χ1) is 9.19. The van der Waals surface area contributed by atoms with E-state index in [0.717, 1.165) is 17.1 Å². The zero-order valence-electron chi connectivity index (χ0n) is 11.5. The van der Waals surface area contributed by atoms with Crippen molar-refractivity contribution in [3.05, 3.63) is 24.3 Å². The third kappa shape index (κ3) is 2.47. The van der Waals surface area contributed by atoms with Gasteiger partial charge in [0.25, 0.3) is 0 Å². The number of ether oxygens (including phenoxy) is 1. The summed E-state index contributed by atoms with van der Waals surface area (Å²) in [5.41, 5.74) is 2.38. The Kier molecular flexibility index (Phi) is 3.89. The summed E-state index contributed by atoms with van der Waals surface area (Å²) in [5.74, 6) is 1.52. The topological polar surface area (TPSA) is 72.8 Å². The molecule has 0 spiro atoms. The largest absolute Gasteiger partial charge is 0.479 e. The average Bonchev–Trinajstić information content (AvgIpc) is 2.46. The first kappa shape index (κ1) is 13.2. The molecule has 0 aliphatic rings. The number of nitrogens with zero attached hydrogens (tertiary/aromatic N) is 4. The Morgan fingerprint density at radius 1 is 1.05 bits per heavy atom. The molecule has 0 radical (unpaired) electrons. The number of aromatic nitrogens is 4. The van der Waals surface area contributed by atoms with E-state index in [1.807, 2.05) is 7.05 Å². The second-order valence-corrected chi connectivity index (χ2v) is 4.30. The van der Waals surface area contributed by atoms with Gasteiger partial charge in [-0.2, -0.15) is 0 Å². The summed E-state index contributed by atoms with van der Waals surface area (Å²) in [7, 11) is 3.41. The highest BCUT2D eigenvalue weighted by Crippen LogP contribution is 2.33. The average molecular weight is 259 g/mol. The fourth-order valence-corrected chi connectivity index (χ4v) is 1.97. The smallest absolute Gasteiger partial charge is 0.241 e. The molecule has 100 valence electrons. The first-order valence-electron chi connectivity index (χ1n) is 6.07. The molecule has 0 amide bonds. The van der Waals surface area contributed by atoms with Crippen LogP contribution in [0.25, 0.3) is 11.4 Å². The molecule has 1 N–H and O–H groups in total. The van der Waals surface area contributed by atoms with E-state index in [9.17, 15) is 0 Å². The number of anilines is 1. The van der Waals surface area contributed by atoms with Crippen LogP contribution >= 0.6 is 0 Å². The lowest BCUT2D eigenvalue weighted by Gasteiger charge is -2.15. The van der Waals surface area contributed by atoms with E-state index in [4.69, 9.17) is 4.74 Å². The van der Waals surface area contributed by atoms with Gasteiger partial charge in [0.1, 0.15) is 17.8 Å². The highest BCUT2D eigenvalue weighted by Gasteiger charge is 2.19. The standard InChI is InChI=1S/C13H17N5O/c1-8(2)9-10(17-7-18-12(9)14-3)11-13(19-4)16-6-5-15-11/h5-8H,1-4H3,(H,14,17,18). The minimum atomic E-state index is 0.255. The zero-order chi connectivity index (χ0) is 13.8. The number of nitrogens with one attached hydrogen (secondary N) is 1. The van der Waals surface area contributed by atoms with Crippen molar-refractivity contribution in [3.63, 3.8) is 0 Å². The van der Waals surface area contributed by atoms with Gasteiger partial charge in [-0.3, -0.25) is 0 Å². The fraction of sp³-hybridized carbons (Fsp3) is 0.385. The molecule has 0 saturated heterocycles. The number of hydrogen-bond donors (Lipinski definition) is 1. The number of methoxy groups -OCH3 is 1. The van der Waals surface area contributed by atoms with Crippen LogP contribution in [0.5, 0.6) is 5.88 Å². The zero-order valence-corrected chi connectivity index (χ0v) is 11.5. The van der Waals surface area contributed by atoms with Gasteiger partial charge in [-0.25, -0.2) is 19.9 Å². The Balaban J connectivity index is 2.68. The number of hydrogen-bond acceptors (Lipinski definition) is 6. The van der Waals surface area contributed by atoms with Crippen LogP contribution in [0.15, 0.2) is 18.7 Å². The summed E-state index contributed by atoms with van der Waals surface area (Å²) < 4.78 is 5.25. The van der Waals surface area contributed by atoms with Crippen molar-refractivity contribution in [1.82, 2.24) is 19.9 Å². The fourth-order valence-electron chi connectivity index (χ4n) is 1.97. The van der Waals surface area contributed by atoms with Gasteiger partial charge in [0.2, 0.25) is 5.88 Å². The van der Waals surface area contributed by atoms with Crippen LogP contribution in [0.1, 0.15) is 25.3 Å². The number of rotatable bonds is 4. The maximum absolute atomic E-state index is 5.25. The van der Waals surface area contributed by atoms with Gasteiger partial charge in [0, 0.05) is 25.0 Å². The van der Waals surface area contributed by atoms with Crippen molar-refractivity contribution < 1.29 is 4.74 Å². The van der Waals surface area contributed by atoms with E-state index in [2.05, 4.69) is 39.1 Å². The maximum atomic E-state index is 5.25. The van der Waals surface area contributed by atoms with Crippen LogP contribution in [0.3, 0.4) is 0 Å². The minimum absolute atomic E-state index is 0.255. The molecule has 0 fully saturated rings. The van der Waals surface area contributed by atoms with Crippen molar-refractivity contribution in [3.8, 4) is 17.3 Å². The minimum Gasteiger partial charge on any atom is -0.479 e. The van der Waals surface area contributed by atoms with Crippen LogP contribution in [-0.2, 0) is 0 Å². The predicted molar refractivity (Wildman–Crippen MR) is 73.2 cm³/mol. The van der Waals surface area contributed by atoms with E-state index < -0.39 is 0 Å². The van der Waals surface area contributed by atoms with Crippen molar-refractivity contribution in [1.29, 1.82) is 0 Å². The first-order valence-corrected chi connectivity index (χ1v) is 6.07. The quantitative estimate of drug-likeness (QED) is 0.906. The Hall–Kier alpha value is -2.24. The summed E-state index contributed by atoms with van der Waals surface area (Å²) in [6.07, 6.45) is 4.74. The van der Waals surface area contributed by atoms with Crippen LogP contribution in [0.4, 0.5) is 5.82 Å². The summed E-state index contributed by atoms with van der Waals surface area (Å²) in [5, 5.41) is 3.08. The van der Waals surface area contributed by atoms with Crippen molar-refractivity contribution >= 4 is 5.82 Å². The molecular weight excluding hydrogens is 242 g/mol. The van der Waals surface area contributed by atoms with E-state index in [-0.39, 0.29) is 5.92 Å². The molecule has 2 rings (SSSR count). The Labute approximate surface area is 112 Å². The molecule has 6 heteroatoms. The SMILES string of the molecule is CNc1ncnc(-c2nccnc2OC)c1C(C)C. The monoisotopic (exact) mass is 259 g/mol. The lowest BCUT2D eigenvalue weighted by molar-refractivity contribution is 0.397. The Morgan fingerprint density at radius 2 is 1.79 bits per heavy atom. The van der Waals surface area contributed by atoms with Crippen molar-refractivity contribution in [2.24, 2.45) is 0 Å². The van der Waals surface area contributed by atoms with Crippen LogP contribution in [0.2, 0.25) is 0 Å². The summed E-state index contributed by atoms with van der Waals surface area (Å²) in [4.78, 5) is 17.1. The molecule has 0 aliphatic heterocycles. The van der Waals surface area contributed by atoms with Crippen molar-refractivity contribution in [2.45, 2.75) is 19.8 Å². The molecule has 0 atom stereocenters. The normalized spacial score (nSPS) is 10.6. The summed E-state index contributed by atoms with van der Waals surface area (Å²) in [6.45, 7) is 4.18. The van der Waals surface area contributed by atoms with Crippen LogP contribution in [0, 0.1) is 0 Å². The second-order valence-electron chi connectivity index (χ2n) is 4.30. The molecule has 2 aromatic rings. The molecule has 0 bridgehead atoms. The second kappa shape index (κ2) is 5.60. The maximum Gasteiger partial charge on any atom is 0.241 e. The lowest BCUT2D eigenvalue weighted by atomic mass is 10.00. The van der Waals surface area contributed by atoms with Crippen LogP contribution in [-0.4, -0.2) is 34.1 Å². The van der Waals surface area contributed by atoms with Gasteiger partial charge in [-0.1, -0.05) is 13.8 Å². The molecule has 0 unspecified atom stereocenters. The van der Waals surface area contributed by atoms with E-state index in [1.54, 1.807) is 19.5 Å². The molecule has 0 aromatic carbocycles. The van der Waals surface area contributed by atoms with Gasteiger partial charge < -0.3 is 10.1 Å². The van der Waals surface area contributed by atoms with E-state index >= 15 is 0 Å². The van der Waals surface area contributed by atoms with Crippen molar-refractivity contribution in [2.75, 3.05) is 19.5 Å². The highest BCUT2D eigenvalue weighted by atomic mass is 16.5. The third-order valence-corrected chi connectivity index (χ3v) is 2.78. The third-order valence-electron chi connectivity index (χ3n) is 2.78. The summed E-state index contributed by atoms with van der Waals surface area (Å²) in [6, 6.07) is 0. The highest BCUT2D eigenvalue weighted by molar-refractivity contribution is 5.69. The molecule has 0 saturated carbocycles. The van der Waals surface area contributed by atoms with Gasteiger partial charge >= 0.3 is 0 Å². The molecular formula is C13H17N5O. The Morgan fingerprint density at radius 3 is 2.42 bits per heavy atom. The van der Waals surface area contributed by atoms with E-state index in [1.165, 1.54) is 6.33 Å². The molecule has 2 aromatic heterocycles. The summed E-state index contributed by atoms with van der Waals surface area (Å²) >= 11 is 0. The van der Waals surface area contributed by atoms with E-state index in [0.29, 0.717) is 11.6 Å². The van der Waals surface area contributed by atoms with Gasteiger partial charge in [-0.05, 0) is 5.92 Å². The molecule has 0 aliphatic carbocycles. The molecule has 6 nitrogen and oxygen atoms in total. The van der Waals surface area contributed by atoms with Crippen LogP contribution < -0.4 is 10.1 Å². The molecule has 2 heterocycles.